The van der Waals surface area contributed by atoms with Crippen molar-refractivity contribution in [1.29, 1.82) is 0 Å². The normalized spacial score (nSPS) is 22.3. The largest absolute Gasteiger partial charge is 0.393 e. The molecule has 2 atom stereocenters. The molecule has 2 unspecified atom stereocenters. The minimum Gasteiger partial charge on any atom is -0.393 e. The molecule has 100 valence electrons. The van der Waals surface area contributed by atoms with E-state index in [1.165, 1.54) is 19.5 Å². The van der Waals surface area contributed by atoms with Crippen LogP contribution in [0.4, 0.5) is 0 Å². The van der Waals surface area contributed by atoms with Crippen LogP contribution in [0.5, 0.6) is 0 Å². The molecule has 2 N–H and O–H groups in total. The highest BCUT2D eigenvalue weighted by Crippen LogP contribution is 2.14. The summed E-state index contributed by atoms with van der Waals surface area (Å²) in [6.45, 7) is 11.5. The molecule has 3 nitrogen and oxygen atoms in total. The predicted molar refractivity (Wildman–Crippen MR) is 78.4 cm³/mol. The quantitative estimate of drug-likeness (QED) is 0.736. The molecule has 0 aromatic heterocycles. The summed E-state index contributed by atoms with van der Waals surface area (Å²) in [6, 6.07) is 1.26. The van der Waals surface area contributed by atoms with Gasteiger partial charge in [-0.2, -0.15) is 0 Å². The van der Waals surface area contributed by atoms with Gasteiger partial charge in [-0.05, 0) is 19.8 Å². The smallest absolute Gasteiger partial charge is 0.0743 e. The number of rotatable bonds is 6. The Kier molecular flexibility index (Phi) is 6.38. The summed E-state index contributed by atoms with van der Waals surface area (Å²) in [5.41, 5.74) is 5.67. The van der Waals surface area contributed by atoms with Crippen LogP contribution in [0.15, 0.2) is 0 Å². The highest BCUT2D eigenvalue weighted by molar-refractivity contribution is 7.80. The molecular formula is C13H27N3S. The Balaban J connectivity index is 2.41. The minimum atomic E-state index is 0.548. The monoisotopic (exact) mass is 257 g/mol. The lowest BCUT2D eigenvalue weighted by Gasteiger charge is -2.41. The first-order valence-corrected chi connectivity index (χ1v) is 7.25. The summed E-state index contributed by atoms with van der Waals surface area (Å²) >= 11 is 5.03. The molecule has 17 heavy (non-hydrogen) atoms. The fraction of sp³-hybridized carbons (Fsp3) is 0.923. The zero-order valence-electron chi connectivity index (χ0n) is 11.5. The van der Waals surface area contributed by atoms with Crippen molar-refractivity contribution in [2.75, 3.05) is 26.2 Å². The molecule has 4 heteroatoms. The van der Waals surface area contributed by atoms with Gasteiger partial charge in [0.2, 0.25) is 0 Å². The molecule has 1 aliphatic heterocycles. The van der Waals surface area contributed by atoms with Gasteiger partial charge < -0.3 is 5.73 Å². The second-order valence-electron chi connectivity index (χ2n) is 5.06. The SMILES string of the molecule is CCC(C)N1CCN(C(CC)CC(N)=S)CC1. The van der Waals surface area contributed by atoms with Crippen LogP contribution in [0.2, 0.25) is 0 Å². The van der Waals surface area contributed by atoms with Gasteiger partial charge in [-0.1, -0.05) is 26.1 Å². The second-order valence-corrected chi connectivity index (χ2v) is 5.59. The van der Waals surface area contributed by atoms with Crippen LogP contribution in [0, 0.1) is 0 Å². The first-order chi connectivity index (χ1) is 8.08. The molecular weight excluding hydrogens is 230 g/mol. The number of nitrogens with two attached hydrogens (primary N) is 1. The summed E-state index contributed by atoms with van der Waals surface area (Å²) in [5.74, 6) is 0. The van der Waals surface area contributed by atoms with E-state index in [0.29, 0.717) is 17.1 Å². The van der Waals surface area contributed by atoms with Gasteiger partial charge in [0.1, 0.15) is 0 Å². The van der Waals surface area contributed by atoms with Gasteiger partial charge in [0, 0.05) is 44.7 Å². The Bertz CT molecular complexity index is 237. The van der Waals surface area contributed by atoms with Crippen molar-refractivity contribution in [2.45, 2.75) is 52.1 Å². The van der Waals surface area contributed by atoms with Crippen molar-refractivity contribution in [3.63, 3.8) is 0 Å². The molecule has 0 radical (unpaired) electrons. The van der Waals surface area contributed by atoms with Crippen LogP contribution in [0.3, 0.4) is 0 Å². The van der Waals surface area contributed by atoms with Crippen molar-refractivity contribution >= 4 is 17.2 Å². The summed E-state index contributed by atoms with van der Waals surface area (Å²) in [5, 5.41) is 0. The zero-order valence-corrected chi connectivity index (χ0v) is 12.3. The van der Waals surface area contributed by atoms with Gasteiger partial charge in [0.25, 0.3) is 0 Å². The van der Waals surface area contributed by atoms with Gasteiger partial charge in [-0.15, -0.1) is 0 Å². The van der Waals surface area contributed by atoms with Crippen LogP contribution in [0.1, 0.15) is 40.0 Å². The van der Waals surface area contributed by atoms with Crippen LogP contribution in [-0.2, 0) is 0 Å². The summed E-state index contributed by atoms with van der Waals surface area (Å²) < 4.78 is 0. The van der Waals surface area contributed by atoms with Crippen LogP contribution in [-0.4, -0.2) is 53.1 Å². The zero-order chi connectivity index (χ0) is 12.8. The Morgan fingerprint density at radius 2 is 1.65 bits per heavy atom. The maximum absolute atomic E-state index is 5.67. The van der Waals surface area contributed by atoms with E-state index in [1.54, 1.807) is 0 Å². The molecule has 0 aliphatic carbocycles. The van der Waals surface area contributed by atoms with Crippen molar-refractivity contribution in [3.8, 4) is 0 Å². The number of hydrogen-bond donors (Lipinski definition) is 1. The second kappa shape index (κ2) is 7.29. The van der Waals surface area contributed by atoms with E-state index in [9.17, 15) is 0 Å². The maximum Gasteiger partial charge on any atom is 0.0743 e. The van der Waals surface area contributed by atoms with Crippen molar-refractivity contribution < 1.29 is 0 Å². The average molecular weight is 257 g/mol. The van der Waals surface area contributed by atoms with E-state index in [2.05, 4.69) is 30.6 Å². The average Bonchev–Trinajstić information content (AvgIpc) is 2.35. The van der Waals surface area contributed by atoms with Gasteiger partial charge >= 0.3 is 0 Å². The molecule has 0 amide bonds. The molecule has 0 saturated carbocycles. The highest BCUT2D eigenvalue weighted by atomic mass is 32.1. The van der Waals surface area contributed by atoms with Crippen molar-refractivity contribution in [1.82, 2.24) is 9.80 Å². The third-order valence-electron chi connectivity index (χ3n) is 3.99. The van der Waals surface area contributed by atoms with E-state index in [0.717, 1.165) is 25.9 Å². The first kappa shape index (κ1) is 14.9. The predicted octanol–water partition coefficient (Wildman–Crippen LogP) is 1.86. The molecule has 1 rings (SSSR count). The molecule has 0 spiro atoms. The van der Waals surface area contributed by atoms with Crippen molar-refractivity contribution in [2.24, 2.45) is 5.73 Å². The standard InChI is InChI=1S/C13H27N3S/c1-4-11(3)15-6-8-16(9-7-15)12(5-2)10-13(14)17/h11-12H,4-10H2,1-3H3,(H2,14,17). The molecule has 1 saturated heterocycles. The molecule has 1 aliphatic rings. The van der Waals surface area contributed by atoms with Crippen LogP contribution < -0.4 is 5.73 Å². The molecule has 0 aromatic carbocycles. The lowest BCUT2D eigenvalue weighted by Crippen LogP contribution is -2.52. The van der Waals surface area contributed by atoms with Gasteiger partial charge in [0.15, 0.2) is 0 Å². The van der Waals surface area contributed by atoms with Gasteiger partial charge in [0.05, 0.1) is 4.99 Å². The topological polar surface area (TPSA) is 32.5 Å². The van der Waals surface area contributed by atoms with E-state index in [4.69, 9.17) is 18.0 Å². The van der Waals surface area contributed by atoms with E-state index >= 15 is 0 Å². The Labute approximate surface area is 111 Å². The molecule has 1 heterocycles. The van der Waals surface area contributed by atoms with E-state index in [1.807, 2.05) is 0 Å². The Morgan fingerprint density at radius 3 is 2.06 bits per heavy atom. The van der Waals surface area contributed by atoms with Gasteiger partial charge in [-0.25, -0.2) is 0 Å². The number of hydrogen-bond acceptors (Lipinski definition) is 3. The first-order valence-electron chi connectivity index (χ1n) is 6.84. The van der Waals surface area contributed by atoms with Crippen LogP contribution in [0.25, 0.3) is 0 Å². The van der Waals surface area contributed by atoms with E-state index < -0.39 is 0 Å². The fourth-order valence-electron chi connectivity index (χ4n) is 2.57. The number of piperazine rings is 1. The maximum atomic E-state index is 5.67. The lowest BCUT2D eigenvalue weighted by molar-refractivity contribution is 0.0730. The third-order valence-corrected chi connectivity index (χ3v) is 4.15. The lowest BCUT2D eigenvalue weighted by atomic mass is 10.1. The Hall–Kier alpha value is -0.190. The Morgan fingerprint density at radius 1 is 1.12 bits per heavy atom. The third kappa shape index (κ3) is 4.53. The molecule has 0 bridgehead atoms. The summed E-state index contributed by atoms with van der Waals surface area (Å²) in [6.07, 6.45) is 3.25. The number of nitrogens with zero attached hydrogens (tertiary/aromatic N) is 2. The van der Waals surface area contributed by atoms with Crippen LogP contribution >= 0.6 is 12.2 Å². The number of thiocarbonyl (C=S) groups is 1. The minimum absolute atomic E-state index is 0.548. The summed E-state index contributed by atoms with van der Waals surface area (Å²) in [4.78, 5) is 5.79. The van der Waals surface area contributed by atoms with E-state index in [-0.39, 0.29) is 0 Å². The summed E-state index contributed by atoms with van der Waals surface area (Å²) in [7, 11) is 0. The highest BCUT2D eigenvalue weighted by Gasteiger charge is 2.24. The van der Waals surface area contributed by atoms with Gasteiger partial charge in [-0.3, -0.25) is 9.80 Å². The molecule has 1 fully saturated rings. The fourth-order valence-corrected chi connectivity index (χ4v) is 2.76. The molecule has 0 aromatic rings. The van der Waals surface area contributed by atoms with Crippen molar-refractivity contribution in [3.05, 3.63) is 0 Å².